The molecule has 0 bridgehead atoms. The maximum atomic E-state index is 5.88. The molecule has 5 rings (SSSR count). The Morgan fingerprint density at radius 1 is 1.23 bits per heavy atom. The lowest BCUT2D eigenvalue weighted by Crippen LogP contribution is -2.08. The van der Waals surface area contributed by atoms with Crippen LogP contribution in [0.2, 0.25) is 0 Å². The number of rotatable bonds is 4. The Morgan fingerprint density at radius 2 is 2.15 bits per heavy atom. The largest absolute Gasteiger partial charge is 0.440 e. The van der Waals surface area contributed by atoms with E-state index in [0.29, 0.717) is 5.89 Å². The van der Waals surface area contributed by atoms with Gasteiger partial charge in [0, 0.05) is 12.4 Å². The molecule has 9 heteroatoms. The monoisotopic (exact) mass is 382 g/mol. The highest BCUT2D eigenvalue weighted by atomic mass is 32.1. The molecule has 0 amide bonds. The molecule has 7 nitrogen and oxygen atoms in total. The number of fused-ring (bicyclic) bond motifs is 1. The van der Waals surface area contributed by atoms with Crippen LogP contribution in [0.3, 0.4) is 0 Å². The molecule has 1 atom stereocenters. The Bertz CT molecular complexity index is 1150. The second-order valence-corrected chi connectivity index (χ2v) is 7.63. The molecule has 0 aliphatic carbocycles. The van der Waals surface area contributed by atoms with Crippen LogP contribution in [-0.2, 0) is 0 Å². The standard InChI is InChI=1S/C17H14N6OS2/c1-10(12-8-23-17(20-12)26-9-19-23)22-6-5-18-15(22)14-11(2)24-16(21-14)13-4-3-7-25-13/h3-10H,1-2H3. The van der Waals surface area contributed by atoms with E-state index in [-0.39, 0.29) is 6.04 Å². The smallest absolute Gasteiger partial charge is 0.237 e. The first kappa shape index (κ1) is 15.5. The maximum Gasteiger partial charge on any atom is 0.237 e. The molecule has 0 aromatic carbocycles. The molecular weight excluding hydrogens is 368 g/mol. The first-order chi connectivity index (χ1) is 12.7. The maximum absolute atomic E-state index is 5.88. The lowest BCUT2D eigenvalue weighted by atomic mass is 10.2. The lowest BCUT2D eigenvalue weighted by molar-refractivity contribution is 0.543. The fraction of sp³-hybridized carbons (Fsp3) is 0.176. The van der Waals surface area contributed by atoms with E-state index in [1.165, 1.54) is 11.3 Å². The predicted molar refractivity (Wildman–Crippen MR) is 100 cm³/mol. The Hall–Kier alpha value is -2.78. The number of hydrogen-bond acceptors (Lipinski definition) is 7. The number of aryl methyl sites for hydroxylation is 1. The average Bonchev–Trinajstić information content (AvgIpc) is 3.38. The van der Waals surface area contributed by atoms with Crippen molar-refractivity contribution in [2.75, 3.05) is 0 Å². The van der Waals surface area contributed by atoms with Crippen LogP contribution >= 0.6 is 22.7 Å². The number of nitrogens with zero attached hydrogens (tertiary/aromatic N) is 6. The van der Waals surface area contributed by atoms with E-state index >= 15 is 0 Å². The summed E-state index contributed by atoms with van der Waals surface area (Å²) in [5, 5.41) is 6.26. The van der Waals surface area contributed by atoms with Gasteiger partial charge < -0.3 is 8.98 Å². The van der Waals surface area contributed by atoms with E-state index in [0.717, 1.165) is 32.8 Å². The van der Waals surface area contributed by atoms with Crippen LogP contribution in [-0.4, -0.2) is 29.1 Å². The van der Waals surface area contributed by atoms with Gasteiger partial charge in [0.05, 0.1) is 22.8 Å². The van der Waals surface area contributed by atoms with Gasteiger partial charge in [0.25, 0.3) is 0 Å². The van der Waals surface area contributed by atoms with Crippen LogP contribution in [0.1, 0.15) is 24.4 Å². The topological polar surface area (TPSA) is 74.0 Å². The lowest BCUT2D eigenvalue weighted by Gasteiger charge is -2.13. The molecule has 0 fully saturated rings. The van der Waals surface area contributed by atoms with Crippen LogP contribution in [0, 0.1) is 6.92 Å². The summed E-state index contributed by atoms with van der Waals surface area (Å²) in [6, 6.07) is 3.99. The molecule has 0 saturated heterocycles. The zero-order chi connectivity index (χ0) is 17.7. The summed E-state index contributed by atoms with van der Waals surface area (Å²) in [6.45, 7) is 4.01. The summed E-state index contributed by atoms with van der Waals surface area (Å²) >= 11 is 3.12. The first-order valence-electron chi connectivity index (χ1n) is 8.04. The molecule has 5 aromatic rings. The van der Waals surface area contributed by atoms with Crippen molar-refractivity contribution in [2.24, 2.45) is 0 Å². The van der Waals surface area contributed by atoms with Crippen molar-refractivity contribution in [1.29, 1.82) is 0 Å². The van der Waals surface area contributed by atoms with Crippen LogP contribution in [0.25, 0.3) is 27.2 Å². The van der Waals surface area contributed by atoms with Crippen LogP contribution in [0.5, 0.6) is 0 Å². The zero-order valence-electron chi connectivity index (χ0n) is 14.0. The second-order valence-electron chi connectivity index (χ2n) is 5.87. The highest BCUT2D eigenvalue weighted by Crippen LogP contribution is 2.32. The van der Waals surface area contributed by atoms with Crippen molar-refractivity contribution in [2.45, 2.75) is 19.9 Å². The first-order valence-corrected chi connectivity index (χ1v) is 9.80. The van der Waals surface area contributed by atoms with Crippen molar-refractivity contribution < 1.29 is 4.42 Å². The zero-order valence-corrected chi connectivity index (χ0v) is 15.7. The minimum Gasteiger partial charge on any atom is -0.440 e. The SMILES string of the molecule is Cc1oc(-c2cccs2)nc1-c1nccn1C(C)c1cn2ncsc2n1. The van der Waals surface area contributed by atoms with Crippen molar-refractivity contribution in [3.8, 4) is 22.3 Å². The molecule has 0 aliphatic rings. The number of aromatic nitrogens is 6. The minimum absolute atomic E-state index is 0.00249. The number of hydrogen-bond donors (Lipinski definition) is 0. The van der Waals surface area contributed by atoms with Gasteiger partial charge >= 0.3 is 0 Å². The normalized spacial score (nSPS) is 12.8. The van der Waals surface area contributed by atoms with E-state index in [1.54, 1.807) is 27.6 Å². The van der Waals surface area contributed by atoms with E-state index in [2.05, 4.69) is 31.5 Å². The Labute approximate surface area is 156 Å². The van der Waals surface area contributed by atoms with Gasteiger partial charge in [-0.2, -0.15) is 5.10 Å². The van der Waals surface area contributed by atoms with Gasteiger partial charge in [-0.1, -0.05) is 17.4 Å². The van der Waals surface area contributed by atoms with Gasteiger partial charge in [-0.25, -0.2) is 19.5 Å². The van der Waals surface area contributed by atoms with E-state index in [4.69, 9.17) is 4.42 Å². The van der Waals surface area contributed by atoms with Gasteiger partial charge in [0.1, 0.15) is 17.0 Å². The molecule has 0 spiro atoms. The molecule has 0 aliphatic heterocycles. The highest BCUT2D eigenvalue weighted by molar-refractivity contribution is 7.14. The van der Waals surface area contributed by atoms with Crippen LogP contribution in [0.15, 0.2) is 46.0 Å². The second kappa shape index (κ2) is 5.89. The quantitative estimate of drug-likeness (QED) is 0.464. The fourth-order valence-electron chi connectivity index (χ4n) is 2.92. The van der Waals surface area contributed by atoms with Crippen molar-refractivity contribution in [3.05, 3.63) is 53.1 Å². The third kappa shape index (κ3) is 2.39. The Balaban J connectivity index is 1.56. The minimum atomic E-state index is 0.00249. The van der Waals surface area contributed by atoms with Crippen molar-refractivity contribution in [3.63, 3.8) is 0 Å². The van der Waals surface area contributed by atoms with Crippen LogP contribution in [0.4, 0.5) is 0 Å². The van der Waals surface area contributed by atoms with E-state index in [9.17, 15) is 0 Å². The van der Waals surface area contributed by atoms with Gasteiger partial charge in [-0.15, -0.1) is 11.3 Å². The summed E-state index contributed by atoms with van der Waals surface area (Å²) in [5.74, 6) is 2.15. The third-order valence-electron chi connectivity index (χ3n) is 4.26. The van der Waals surface area contributed by atoms with Crippen molar-refractivity contribution in [1.82, 2.24) is 29.1 Å². The van der Waals surface area contributed by atoms with Gasteiger partial charge in [-0.3, -0.25) is 0 Å². The third-order valence-corrected chi connectivity index (χ3v) is 5.81. The molecule has 26 heavy (non-hydrogen) atoms. The molecule has 0 radical (unpaired) electrons. The summed E-state index contributed by atoms with van der Waals surface area (Å²) in [4.78, 5) is 15.8. The predicted octanol–water partition coefficient (Wildman–Crippen LogP) is 4.29. The molecule has 0 N–H and O–H groups in total. The number of oxazole rings is 1. The van der Waals surface area contributed by atoms with E-state index in [1.807, 2.05) is 36.8 Å². The van der Waals surface area contributed by atoms with Crippen LogP contribution < -0.4 is 0 Å². The van der Waals surface area contributed by atoms with Gasteiger partial charge in [0.15, 0.2) is 5.82 Å². The van der Waals surface area contributed by atoms with Gasteiger partial charge in [0.2, 0.25) is 10.9 Å². The molecule has 130 valence electrons. The fourth-order valence-corrected chi connectivity index (χ4v) is 4.18. The number of imidazole rings is 2. The molecule has 1 unspecified atom stereocenters. The Kier molecular flexibility index (Phi) is 3.50. The summed E-state index contributed by atoms with van der Waals surface area (Å²) in [6.07, 6.45) is 5.67. The Morgan fingerprint density at radius 3 is 2.96 bits per heavy atom. The molecule has 5 aromatic heterocycles. The molecule has 5 heterocycles. The van der Waals surface area contributed by atoms with Crippen molar-refractivity contribution >= 4 is 27.6 Å². The summed E-state index contributed by atoms with van der Waals surface area (Å²) < 4.78 is 9.74. The van der Waals surface area contributed by atoms with Gasteiger partial charge in [-0.05, 0) is 25.3 Å². The molecule has 0 saturated carbocycles. The number of thiophene rings is 1. The average molecular weight is 382 g/mol. The molecular formula is C17H14N6OS2. The summed E-state index contributed by atoms with van der Waals surface area (Å²) in [7, 11) is 0. The summed E-state index contributed by atoms with van der Waals surface area (Å²) in [5.41, 5.74) is 3.47. The van der Waals surface area contributed by atoms with E-state index < -0.39 is 0 Å². The highest BCUT2D eigenvalue weighted by Gasteiger charge is 2.22.